The van der Waals surface area contributed by atoms with E-state index in [1.165, 1.54) is 16.7 Å². The first-order chi connectivity index (χ1) is 9.63. The molecule has 102 valence electrons. The molecule has 0 unspecified atom stereocenters. The number of hydrogen-bond donors (Lipinski definition) is 0. The van der Waals surface area contributed by atoms with Crippen LogP contribution in [0.5, 0.6) is 0 Å². The monoisotopic (exact) mass is 266 g/mol. The van der Waals surface area contributed by atoms with Crippen molar-refractivity contribution in [3.8, 4) is 0 Å². The zero-order valence-electron chi connectivity index (χ0n) is 11.9. The lowest BCUT2D eigenvalue weighted by Gasteiger charge is -2.14. The van der Waals surface area contributed by atoms with Gasteiger partial charge >= 0.3 is 0 Å². The molecular weight excluding hydrogens is 248 g/mol. The van der Waals surface area contributed by atoms with E-state index in [0.717, 1.165) is 36.3 Å². The zero-order chi connectivity index (χ0) is 14.1. The molecule has 1 aromatic carbocycles. The summed E-state index contributed by atoms with van der Waals surface area (Å²) in [6.45, 7) is 4.23. The Bertz CT molecular complexity index is 677. The Balaban J connectivity index is 1.88. The van der Waals surface area contributed by atoms with Crippen LogP contribution in [0.3, 0.4) is 0 Å². The highest BCUT2D eigenvalue weighted by atomic mass is 16.1. The third-order valence-electron chi connectivity index (χ3n) is 3.97. The number of Topliss-reactive ketones (excluding diaryl/α,β-unsaturated/α-hetero) is 1. The van der Waals surface area contributed by atoms with Gasteiger partial charge in [0.05, 0.1) is 11.3 Å². The number of rotatable bonds is 2. The Morgan fingerprint density at radius 3 is 2.80 bits per heavy atom. The molecule has 0 atom stereocenters. The summed E-state index contributed by atoms with van der Waals surface area (Å²) in [5.41, 5.74) is 5.45. The highest BCUT2D eigenvalue weighted by Gasteiger charge is 2.19. The molecule has 0 bridgehead atoms. The molecule has 1 aromatic heterocycles. The molecule has 0 saturated carbocycles. The van der Waals surface area contributed by atoms with E-state index in [0.29, 0.717) is 6.42 Å². The van der Waals surface area contributed by atoms with Gasteiger partial charge in [0.2, 0.25) is 0 Å². The molecule has 0 N–H and O–H groups in total. The summed E-state index contributed by atoms with van der Waals surface area (Å²) in [5.74, 6) is 0.991. The van der Waals surface area contributed by atoms with Crippen LogP contribution in [0.25, 0.3) is 0 Å². The van der Waals surface area contributed by atoms with Gasteiger partial charge in [0.25, 0.3) is 0 Å². The number of hydrogen-bond acceptors (Lipinski definition) is 3. The molecule has 0 aliphatic heterocycles. The number of ketones is 1. The Labute approximate surface area is 119 Å². The molecule has 2 aromatic rings. The van der Waals surface area contributed by atoms with Crippen molar-refractivity contribution in [3.05, 3.63) is 58.2 Å². The zero-order valence-corrected chi connectivity index (χ0v) is 11.9. The molecule has 20 heavy (non-hydrogen) atoms. The number of fused-ring (bicyclic) bond motifs is 1. The number of aryl methyl sites for hydroxylation is 3. The summed E-state index contributed by atoms with van der Waals surface area (Å²) < 4.78 is 0. The molecule has 0 radical (unpaired) electrons. The van der Waals surface area contributed by atoms with Gasteiger partial charge in [-0.05, 0) is 43.4 Å². The fraction of sp³-hybridized carbons (Fsp3) is 0.353. The van der Waals surface area contributed by atoms with Gasteiger partial charge in [-0.25, -0.2) is 9.97 Å². The van der Waals surface area contributed by atoms with Crippen molar-refractivity contribution in [2.75, 3.05) is 0 Å². The molecule has 0 amide bonds. The fourth-order valence-electron chi connectivity index (χ4n) is 2.61. The summed E-state index contributed by atoms with van der Waals surface area (Å²) in [6.07, 6.45) is 4.87. The predicted molar refractivity (Wildman–Crippen MR) is 78.0 cm³/mol. The van der Waals surface area contributed by atoms with Crippen LogP contribution >= 0.6 is 0 Å². The lowest BCUT2D eigenvalue weighted by Crippen LogP contribution is -2.15. The molecule has 3 rings (SSSR count). The van der Waals surface area contributed by atoms with E-state index in [-0.39, 0.29) is 5.78 Å². The predicted octanol–water partition coefficient (Wildman–Crippen LogP) is 3.20. The SMILES string of the molecule is Cc1ccc(Cc2ncc3c(n2)CCCC3=O)cc1C. The summed E-state index contributed by atoms with van der Waals surface area (Å²) >= 11 is 0. The quantitative estimate of drug-likeness (QED) is 0.838. The normalized spacial score (nSPS) is 14.2. The summed E-state index contributed by atoms with van der Waals surface area (Å²) in [7, 11) is 0. The van der Waals surface area contributed by atoms with Crippen LogP contribution < -0.4 is 0 Å². The van der Waals surface area contributed by atoms with Crippen molar-refractivity contribution in [2.45, 2.75) is 39.5 Å². The van der Waals surface area contributed by atoms with Crippen LogP contribution in [0.15, 0.2) is 24.4 Å². The van der Waals surface area contributed by atoms with Crippen molar-refractivity contribution >= 4 is 5.78 Å². The summed E-state index contributed by atoms with van der Waals surface area (Å²) in [4.78, 5) is 20.7. The van der Waals surface area contributed by atoms with E-state index in [9.17, 15) is 4.79 Å². The molecule has 0 fully saturated rings. The van der Waals surface area contributed by atoms with E-state index in [1.54, 1.807) is 6.20 Å². The van der Waals surface area contributed by atoms with Gasteiger partial charge in [0, 0.05) is 19.0 Å². The molecule has 1 aliphatic carbocycles. The van der Waals surface area contributed by atoms with Gasteiger partial charge in [-0.2, -0.15) is 0 Å². The minimum Gasteiger partial charge on any atom is -0.294 e. The highest BCUT2D eigenvalue weighted by Crippen LogP contribution is 2.19. The Kier molecular flexibility index (Phi) is 3.35. The molecular formula is C17H18N2O. The van der Waals surface area contributed by atoms with E-state index in [1.807, 2.05) is 0 Å². The molecule has 3 nitrogen and oxygen atoms in total. The van der Waals surface area contributed by atoms with Gasteiger partial charge in [-0.15, -0.1) is 0 Å². The number of nitrogens with zero attached hydrogens (tertiary/aromatic N) is 2. The van der Waals surface area contributed by atoms with E-state index in [4.69, 9.17) is 0 Å². The second kappa shape index (κ2) is 5.16. The van der Waals surface area contributed by atoms with E-state index < -0.39 is 0 Å². The van der Waals surface area contributed by atoms with Crippen LogP contribution in [0.4, 0.5) is 0 Å². The fourth-order valence-corrected chi connectivity index (χ4v) is 2.61. The van der Waals surface area contributed by atoms with Gasteiger partial charge < -0.3 is 0 Å². The lowest BCUT2D eigenvalue weighted by atomic mass is 9.96. The van der Waals surface area contributed by atoms with Crippen LogP contribution in [0.2, 0.25) is 0 Å². The van der Waals surface area contributed by atoms with Crippen molar-refractivity contribution < 1.29 is 4.79 Å². The van der Waals surface area contributed by atoms with Gasteiger partial charge in [0.1, 0.15) is 5.82 Å². The maximum absolute atomic E-state index is 11.8. The van der Waals surface area contributed by atoms with E-state index >= 15 is 0 Å². The molecule has 1 aliphatic rings. The largest absolute Gasteiger partial charge is 0.294 e. The molecule has 0 saturated heterocycles. The second-order valence-corrected chi connectivity index (χ2v) is 5.52. The first kappa shape index (κ1) is 13.0. The summed E-state index contributed by atoms with van der Waals surface area (Å²) in [5, 5.41) is 0. The number of carbonyl (C=O) groups is 1. The Morgan fingerprint density at radius 1 is 1.15 bits per heavy atom. The first-order valence-corrected chi connectivity index (χ1v) is 7.07. The maximum Gasteiger partial charge on any atom is 0.166 e. The third kappa shape index (κ3) is 2.48. The number of aromatic nitrogens is 2. The van der Waals surface area contributed by atoms with Crippen molar-refractivity contribution in [1.29, 1.82) is 0 Å². The number of benzene rings is 1. The van der Waals surface area contributed by atoms with Crippen LogP contribution in [0.1, 0.15) is 51.4 Å². The average molecular weight is 266 g/mol. The van der Waals surface area contributed by atoms with Gasteiger partial charge in [-0.1, -0.05) is 18.2 Å². The summed E-state index contributed by atoms with van der Waals surface area (Å²) in [6, 6.07) is 6.44. The maximum atomic E-state index is 11.8. The van der Waals surface area contributed by atoms with Crippen molar-refractivity contribution in [3.63, 3.8) is 0 Å². The van der Waals surface area contributed by atoms with Crippen LogP contribution in [-0.4, -0.2) is 15.8 Å². The topological polar surface area (TPSA) is 42.9 Å². The van der Waals surface area contributed by atoms with Crippen LogP contribution in [0, 0.1) is 13.8 Å². The number of carbonyl (C=O) groups excluding carboxylic acids is 1. The van der Waals surface area contributed by atoms with Crippen molar-refractivity contribution in [2.24, 2.45) is 0 Å². The standard InChI is InChI=1S/C17H18N2O/c1-11-6-7-13(8-12(11)2)9-17-18-10-14-15(19-17)4-3-5-16(14)20/h6-8,10H,3-5,9H2,1-2H3. The molecule has 0 spiro atoms. The Morgan fingerprint density at radius 2 is 2.00 bits per heavy atom. The van der Waals surface area contributed by atoms with Gasteiger partial charge in [-0.3, -0.25) is 4.79 Å². The molecule has 3 heteroatoms. The first-order valence-electron chi connectivity index (χ1n) is 7.07. The lowest BCUT2D eigenvalue weighted by molar-refractivity contribution is 0.0971. The molecule has 1 heterocycles. The Hall–Kier alpha value is -2.03. The van der Waals surface area contributed by atoms with Gasteiger partial charge in [0.15, 0.2) is 5.78 Å². The highest BCUT2D eigenvalue weighted by molar-refractivity contribution is 5.97. The van der Waals surface area contributed by atoms with Crippen LogP contribution in [-0.2, 0) is 12.8 Å². The van der Waals surface area contributed by atoms with E-state index in [2.05, 4.69) is 42.0 Å². The minimum absolute atomic E-state index is 0.184. The average Bonchev–Trinajstić information content (AvgIpc) is 2.43. The second-order valence-electron chi connectivity index (χ2n) is 5.52. The minimum atomic E-state index is 0.184. The third-order valence-corrected chi connectivity index (χ3v) is 3.97. The smallest absolute Gasteiger partial charge is 0.166 e. The van der Waals surface area contributed by atoms with Crippen molar-refractivity contribution in [1.82, 2.24) is 9.97 Å².